The van der Waals surface area contributed by atoms with E-state index in [-0.39, 0.29) is 30.4 Å². The van der Waals surface area contributed by atoms with Crippen molar-refractivity contribution in [2.24, 2.45) is 0 Å². The number of carbonyl (C=O) groups excluding carboxylic acids is 5. The van der Waals surface area contributed by atoms with Crippen LogP contribution >= 0.6 is 0 Å². The third kappa shape index (κ3) is 12.9. The van der Waals surface area contributed by atoms with Gasteiger partial charge in [0.2, 0.25) is 5.91 Å². The first kappa shape index (κ1) is 37.2. The molecule has 0 radical (unpaired) electrons. The Morgan fingerprint density at radius 3 is 2.16 bits per heavy atom. The van der Waals surface area contributed by atoms with Gasteiger partial charge in [-0.3, -0.25) is 19.2 Å². The first-order chi connectivity index (χ1) is 21.7. The Hall–Kier alpha value is -3.95. The molecule has 10 heteroatoms. The quantitative estimate of drug-likeness (QED) is 0.0584. The highest BCUT2D eigenvalue weighted by Crippen LogP contribution is 2.29. The van der Waals surface area contributed by atoms with Gasteiger partial charge in [0, 0.05) is 18.7 Å². The number of ether oxygens (including phenoxy) is 1. The maximum atomic E-state index is 13.2. The van der Waals surface area contributed by atoms with Crippen molar-refractivity contribution in [2.75, 3.05) is 30.8 Å². The predicted molar refractivity (Wildman–Crippen MR) is 178 cm³/mol. The zero-order valence-electron chi connectivity index (χ0n) is 27.4. The van der Waals surface area contributed by atoms with Gasteiger partial charge in [-0.2, -0.15) is 0 Å². The molecule has 0 aromatic heterocycles. The van der Waals surface area contributed by atoms with Gasteiger partial charge in [0.15, 0.2) is 11.8 Å². The molecule has 10 nitrogen and oxygen atoms in total. The molecule has 1 fully saturated rings. The van der Waals surface area contributed by atoms with Crippen molar-refractivity contribution < 1.29 is 28.7 Å². The van der Waals surface area contributed by atoms with Crippen LogP contribution in [0.3, 0.4) is 0 Å². The van der Waals surface area contributed by atoms with E-state index in [4.69, 9.17) is 4.74 Å². The van der Waals surface area contributed by atoms with Crippen LogP contribution in [0.2, 0.25) is 0 Å². The lowest BCUT2D eigenvalue weighted by atomic mass is 10.1. The Kier molecular flexibility index (Phi) is 17.3. The molecule has 5 amide bonds. The number of nitrogens with one attached hydrogen (secondary N) is 2. The number of hydrogen-bond acceptors (Lipinski definition) is 6. The molecule has 2 rings (SSSR count). The molecule has 45 heavy (non-hydrogen) atoms. The zero-order valence-corrected chi connectivity index (χ0v) is 27.4. The monoisotopic (exact) mass is 624 g/mol. The van der Waals surface area contributed by atoms with E-state index in [2.05, 4.69) is 36.3 Å². The van der Waals surface area contributed by atoms with Crippen molar-refractivity contribution in [2.45, 2.75) is 110 Å². The highest BCUT2D eigenvalue weighted by atomic mass is 16.5. The number of Topliss-reactive ketones (excluding diaryl/α,β-unsaturated/α-hetero) is 1. The van der Waals surface area contributed by atoms with Crippen molar-refractivity contribution in [1.29, 1.82) is 0 Å². The third-order valence-electron chi connectivity index (χ3n) is 7.72. The minimum absolute atomic E-state index is 0.111. The number of allylic oxidation sites excluding steroid dienone is 2. The number of hydrogen-bond donors (Lipinski definition) is 2. The number of urea groups is 1. The van der Waals surface area contributed by atoms with Crippen LogP contribution in [-0.4, -0.2) is 65.6 Å². The molecule has 2 N–H and O–H groups in total. The number of ketones is 1. The van der Waals surface area contributed by atoms with Gasteiger partial charge in [-0.05, 0) is 57.2 Å². The molecule has 1 saturated heterocycles. The van der Waals surface area contributed by atoms with E-state index in [0.29, 0.717) is 17.0 Å². The van der Waals surface area contributed by atoms with Gasteiger partial charge in [0.1, 0.15) is 12.3 Å². The highest BCUT2D eigenvalue weighted by molar-refractivity contribution is 6.17. The molecule has 1 heterocycles. The van der Waals surface area contributed by atoms with E-state index < -0.39 is 29.7 Å². The second-order valence-corrected chi connectivity index (χ2v) is 11.5. The first-order valence-electron chi connectivity index (χ1n) is 16.4. The van der Waals surface area contributed by atoms with E-state index >= 15 is 0 Å². The van der Waals surface area contributed by atoms with Gasteiger partial charge in [-0.1, -0.05) is 76.5 Å². The van der Waals surface area contributed by atoms with Crippen LogP contribution in [0.5, 0.6) is 5.75 Å². The molecule has 248 valence electrons. The fraction of sp³-hybridized carbons (Fsp3) is 0.571. The fourth-order valence-corrected chi connectivity index (χ4v) is 5.27. The summed E-state index contributed by atoms with van der Waals surface area (Å²) in [7, 11) is 1.42. The van der Waals surface area contributed by atoms with Crippen LogP contribution in [0.4, 0.5) is 16.2 Å². The largest absolute Gasteiger partial charge is 0.495 e. The number of imide groups is 1. The summed E-state index contributed by atoms with van der Waals surface area (Å²) in [5, 5.41) is 5.44. The Labute approximate surface area is 268 Å². The summed E-state index contributed by atoms with van der Waals surface area (Å²) in [6, 6.07) is 2.36. The van der Waals surface area contributed by atoms with Crippen LogP contribution in [0.1, 0.15) is 104 Å². The molecule has 1 aliphatic heterocycles. The lowest BCUT2D eigenvalue weighted by Gasteiger charge is -2.24. The van der Waals surface area contributed by atoms with Crippen LogP contribution < -0.4 is 15.4 Å². The molecule has 0 saturated carbocycles. The number of amides is 5. The van der Waals surface area contributed by atoms with Crippen molar-refractivity contribution in [3.63, 3.8) is 0 Å². The SMILES string of the molecule is C=CCN1CC(=O)N(C(C(C)=O)C(=O)Nc2cc(NC(=O)CCCCCCC/C=C/CCCCCCCC)ccc2OC)C1=O. The molecular formula is C35H52N4O6. The summed E-state index contributed by atoms with van der Waals surface area (Å²) < 4.78 is 5.34. The van der Waals surface area contributed by atoms with Crippen molar-refractivity contribution in [3.05, 3.63) is 43.0 Å². The first-order valence-corrected chi connectivity index (χ1v) is 16.4. The zero-order chi connectivity index (χ0) is 33.0. The molecule has 1 aromatic carbocycles. The summed E-state index contributed by atoms with van der Waals surface area (Å²) in [4.78, 5) is 65.4. The van der Waals surface area contributed by atoms with E-state index in [1.54, 1.807) is 12.1 Å². The number of nitrogens with zero attached hydrogens (tertiary/aromatic N) is 2. The second kappa shape index (κ2) is 20.9. The average molecular weight is 625 g/mol. The maximum absolute atomic E-state index is 13.2. The predicted octanol–water partition coefficient (Wildman–Crippen LogP) is 7.02. The van der Waals surface area contributed by atoms with Gasteiger partial charge in [-0.15, -0.1) is 6.58 Å². The number of carbonyl (C=O) groups is 5. The molecule has 0 bridgehead atoms. The van der Waals surface area contributed by atoms with Crippen molar-refractivity contribution >= 4 is 40.9 Å². The molecule has 1 aliphatic rings. The van der Waals surface area contributed by atoms with Crippen LogP contribution in [0, 0.1) is 0 Å². The number of benzene rings is 1. The summed E-state index contributed by atoms with van der Waals surface area (Å²) in [6.45, 7) is 6.81. The fourth-order valence-electron chi connectivity index (χ4n) is 5.27. The van der Waals surface area contributed by atoms with Gasteiger partial charge in [-0.25, -0.2) is 9.69 Å². The standard InChI is InChI=1S/C35H52N4O6/c1-5-7-8-9-10-11-12-13-14-15-16-17-18-19-20-21-31(41)36-28-22-23-30(45-4)29(25-28)37-34(43)33(27(3)40)39-32(42)26-38(24-6-2)35(39)44/h6,13-14,22-23,25,33H,2,5,7-12,15-21,24,26H2,1,3-4H3,(H,36,41)(H,37,43)/b14-13+. The molecule has 1 unspecified atom stereocenters. The second-order valence-electron chi connectivity index (χ2n) is 11.5. The third-order valence-corrected chi connectivity index (χ3v) is 7.72. The van der Waals surface area contributed by atoms with Crippen LogP contribution in [0.25, 0.3) is 0 Å². The number of unbranched alkanes of at least 4 members (excludes halogenated alkanes) is 11. The summed E-state index contributed by atoms with van der Waals surface area (Å²) in [5.41, 5.74) is 0.628. The molecular weight excluding hydrogens is 572 g/mol. The lowest BCUT2D eigenvalue weighted by molar-refractivity contribution is -0.138. The molecule has 1 aromatic rings. The number of rotatable bonds is 23. The summed E-state index contributed by atoms with van der Waals surface area (Å²) in [5.74, 6) is -2.04. The van der Waals surface area contributed by atoms with Gasteiger partial charge in [0.25, 0.3) is 11.8 Å². The Balaban J connectivity index is 1.78. The Morgan fingerprint density at radius 1 is 0.933 bits per heavy atom. The molecule has 1 atom stereocenters. The highest BCUT2D eigenvalue weighted by Gasteiger charge is 2.45. The summed E-state index contributed by atoms with van der Waals surface area (Å²) >= 11 is 0. The van der Waals surface area contributed by atoms with E-state index in [0.717, 1.165) is 45.4 Å². The molecule has 0 spiro atoms. The number of anilines is 2. The lowest BCUT2D eigenvalue weighted by Crippen LogP contribution is -2.51. The van der Waals surface area contributed by atoms with Crippen molar-refractivity contribution in [1.82, 2.24) is 9.80 Å². The van der Waals surface area contributed by atoms with E-state index in [9.17, 15) is 24.0 Å². The van der Waals surface area contributed by atoms with Gasteiger partial charge < -0.3 is 20.3 Å². The van der Waals surface area contributed by atoms with E-state index in [1.807, 2.05) is 0 Å². The van der Waals surface area contributed by atoms with Gasteiger partial charge in [0.05, 0.1) is 12.8 Å². The minimum Gasteiger partial charge on any atom is -0.495 e. The van der Waals surface area contributed by atoms with Crippen LogP contribution in [0.15, 0.2) is 43.0 Å². The Bertz CT molecular complexity index is 1180. The van der Waals surface area contributed by atoms with Crippen molar-refractivity contribution in [3.8, 4) is 5.75 Å². The Morgan fingerprint density at radius 2 is 1.56 bits per heavy atom. The topological polar surface area (TPSA) is 125 Å². The number of methoxy groups -OCH3 is 1. The smallest absolute Gasteiger partial charge is 0.328 e. The summed E-state index contributed by atoms with van der Waals surface area (Å²) in [6.07, 6.45) is 21.9. The minimum atomic E-state index is -1.65. The normalized spacial score (nSPS) is 13.8. The van der Waals surface area contributed by atoms with Gasteiger partial charge >= 0.3 is 6.03 Å². The van der Waals surface area contributed by atoms with E-state index in [1.165, 1.54) is 69.1 Å². The maximum Gasteiger partial charge on any atom is 0.328 e. The average Bonchev–Trinajstić information content (AvgIpc) is 3.27. The molecule has 0 aliphatic carbocycles. The van der Waals surface area contributed by atoms with Crippen LogP contribution in [-0.2, 0) is 19.2 Å².